The molecule has 1 saturated carbocycles. The minimum absolute atomic E-state index is 0.0593. The van der Waals surface area contributed by atoms with E-state index in [-0.39, 0.29) is 5.82 Å². The van der Waals surface area contributed by atoms with Crippen LogP contribution in [0.4, 0.5) is 4.39 Å². The van der Waals surface area contributed by atoms with Crippen LogP contribution in [0.5, 0.6) is 0 Å². The molecule has 0 heterocycles. The molecule has 1 aromatic rings. The van der Waals surface area contributed by atoms with Crippen molar-refractivity contribution in [3.8, 4) is 0 Å². The van der Waals surface area contributed by atoms with E-state index in [2.05, 4.69) is 0 Å². The molecule has 0 spiro atoms. The van der Waals surface area contributed by atoms with Crippen molar-refractivity contribution in [1.82, 2.24) is 0 Å². The molecule has 2 rings (SSSR count). The summed E-state index contributed by atoms with van der Waals surface area (Å²) < 4.78 is 13.8. The first-order valence-corrected chi connectivity index (χ1v) is 6.51. The minimum atomic E-state index is -0.0593. The van der Waals surface area contributed by atoms with E-state index in [0.29, 0.717) is 0 Å². The zero-order valence-electron chi connectivity index (χ0n) is 8.30. The van der Waals surface area contributed by atoms with Gasteiger partial charge in [-0.25, -0.2) is 0 Å². The fourth-order valence-electron chi connectivity index (χ4n) is 1.75. The third kappa shape index (κ3) is 2.85. The fourth-order valence-corrected chi connectivity index (χ4v) is 2.40. The van der Waals surface area contributed by atoms with Gasteiger partial charge in [-0.2, -0.15) is 0 Å². The molecule has 0 aliphatic heterocycles. The van der Waals surface area contributed by atoms with Crippen LogP contribution in [0.2, 0.25) is 0 Å². The van der Waals surface area contributed by atoms with E-state index in [0.717, 1.165) is 16.7 Å². The summed E-state index contributed by atoms with van der Waals surface area (Å²) in [5.41, 5.74) is 1.30. The van der Waals surface area contributed by atoms with Crippen LogP contribution in [0, 0.1) is 11.7 Å². The number of rotatable bonds is 4. The SMILES string of the molecule is Fc1ccc(CCCC2CC2)cc1[AsH2]. The Labute approximate surface area is 93.4 Å². The van der Waals surface area contributed by atoms with Gasteiger partial charge in [0.15, 0.2) is 0 Å². The van der Waals surface area contributed by atoms with Gasteiger partial charge in [0.2, 0.25) is 0 Å². The van der Waals surface area contributed by atoms with Gasteiger partial charge >= 0.3 is 93.2 Å². The van der Waals surface area contributed by atoms with Gasteiger partial charge in [-0.1, -0.05) is 0 Å². The summed E-state index contributed by atoms with van der Waals surface area (Å²) in [6, 6.07) is 5.52. The molecule has 1 atom stereocenters. The Morgan fingerprint density at radius 3 is 2.79 bits per heavy atom. The molecule has 0 bridgehead atoms. The Bertz CT molecular complexity index is 318. The van der Waals surface area contributed by atoms with Crippen LogP contribution in [0.3, 0.4) is 0 Å². The molecule has 0 amide bonds. The van der Waals surface area contributed by atoms with Crippen LogP contribution in [0.25, 0.3) is 0 Å². The van der Waals surface area contributed by atoms with Crippen LogP contribution in [-0.2, 0) is 6.42 Å². The number of hydrogen-bond donors (Lipinski definition) is 0. The molecule has 1 aliphatic carbocycles. The Kier molecular flexibility index (Phi) is 3.28. The third-order valence-electron chi connectivity index (χ3n) is 2.84. The summed E-state index contributed by atoms with van der Waals surface area (Å²) in [6.45, 7) is 0. The van der Waals surface area contributed by atoms with Crippen molar-refractivity contribution in [1.29, 1.82) is 0 Å². The van der Waals surface area contributed by atoms with Crippen molar-refractivity contribution in [3.05, 3.63) is 29.6 Å². The predicted molar refractivity (Wildman–Crippen MR) is 60.2 cm³/mol. The Hall–Kier alpha value is -0.292. The second-order valence-corrected chi connectivity index (χ2v) is 5.50. The maximum atomic E-state index is 13.0. The topological polar surface area (TPSA) is 0 Å². The number of benzene rings is 1. The quantitative estimate of drug-likeness (QED) is 0.719. The van der Waals surface area contributed by atoms with Crippen molar-refractivity contribution in [2.75, 3.05) is 0 Å². The van der Waals surface area contributed by atoms with Crippen molar-refractivity contribution >= 4 is 21.2 Å². The van der Waals surface area contributed by atoms with Crippen molar-refractivity contribution < 1.29 is 4.39 Å². The summed E-state index contributed by atoms with van der Waals surface area (Å²) in [5.74, 6) is 0.955. The predicted octanol–water partition coefficient (Wildman–Crippen LogP) is 1.82. The molecule has 1 unspecified atom stereocenters. The molecular formula is C12H16AsF. The second kappa shape index (κ2) is 4.49. The summed E-state index contributed by atoms with van der Waals surface area (Å²) >= 11 is 1.38. The van der Waals surface area contributed by atoms with E-state index in [1.165, 1.54) is 48.1 Å². The summed E-state index contributed by atoms with van der Waals surface area (Å²) in [4.78, 5) is 0. The van der Waals surface area contributed by atoms with Crippen LogP contribution in [0.15, 0.2) is 18.2 Å². The average molecular weight is 254 g/mol. The first kappa shape index (κ1) is 10.2. The summed E-state index contributed by atoms with van der Waals surface area (Å²) in [7, 11) is 0. The second-order valence-electron chi connectivity index (χ2n) is 4.19. The molecule has 0 aromatic heterocycles. The molecule has 1 aromatic carbocycles. The van der Waals surface area contributed by atoms with Gasteiger partial charge in [0, 0.05) is 0 Å². The number of hydrogen-bond acceptors (Lipinski definition) is 0. The van der Waals surface area contributed by atoms with Crippen LogP contribution in [0.1, 0.15) is 31.2 Å². The average Bonchev–Trinajstić information content (AvgIpc) is 2.95. The van der Waals surface area contributed by atoms with E-state index in [4.69, 9.17) is 0 Å². The van der Waals surface area contributed by atoms with Crippen LogP contribution >= 0.6 is 0 Å². The Balaban J connectivity index is 1.85. The van der Waals surface area contributed by atoms with Crippen molar-refractivity contribution in [3.63, 3.8) is 0 Å². The van der Waals surface area contributed by atoms with Gasteiger partial charge in [0.05, 0.1) is 0 Å². The summed E-state index contributed by atoms with van der Waals surface area (Å²) in [5, 5.41) is 0. The molecule has 0 nitrogen and oxygen atoms in total. The molecule has 1 aliphatic rings. The third-order valence-corrected chi connectivity index (χ3v) is 3.76. The zero-order chi connectivity index (χ0) is 9.97. The van der Waals surface area contributed by atoms with Gasteiger partial charge in [0.1, 0.15) is 0 Å². The molecule has 0 saturated heterocycles. The Morgan fingerprint density at radius 2 is 2.14 bits per heavy atom. The van der Waals surface area contributed by atoms with Crippen LogP contribution < -0.4 is 4.35 Å². The molecular weight excluding hydrogens is 238 g/mol. The summed E-state index contributed by atoms with van der Waals surface area (Å²) in [6.07, 6.45) is 6.62. The Morgan fingerprint density at radius 1 is 1.36 bits per heavy atom. The van der Waals surface area contributed by atoms with E-state index < -0.39 is 0 Å². The van der Waals surface area contributed by atoms with E-state index >= 15 is 0 Å². The first-order chi connectivity index (χ1) is 6.75. The molecule has 14 heavy (non-hydrogen) atoms. The molecule has 1 fully saturated rings. The van der Waals surface area contributed by atoms with Gasteiger partial charge in [0.25, 0.3) is 0 Å². The van der Waals surface area contributed by atoms with Crippen LogP contribution in [-0.4, -0.2) is 16.9 Å². The van der Waals surface area contributed by atoms with Gasteiger partial charge in [-0.3, -0.25) is 0 Å². The van der Waals surface area contributed by atoms with Gasteiger partial charge in [-0.15, -0.1) is 0 Å². The van der Waals surface area contributed by atoms with E-state index in [1.807, 2.05) is 12.1 Å². The molecule has 76 valence electrons. The van der Waals surface area contributed by atoms with Crippen molar-refractivity contribution in [2.45, 2.75) is 32.1 Å². The van der Waals surface area contributed by atoms with Gasteiger partial charge < -0.3 is 0 Å². The maximum absolute atomic E-state index is 13.0. The standard InChI is InChI=1S/C12H16AsF/c13-11-8-10(6-7-12(11)14)3-1-2-9-4-5-9/h6-9H,1-5,13H2. The first-order valence-electron chi connectivity index (χ1n) is 5.29. The fraction of sp³-hybridized carbons (Fsp3) is 0.500. The van der Waals surface area contributed by atoms with E-state index in [9.17, 15) is 4.39 Å². The molecule has 0 radical (unpaired) electrons. The van der Waals surface area contributed by atoms with E-state index in [1.54, 1.807) is 6.07 Å². The zero-order valence-corrected chi connectivity index (χ0v) is 10.7. The molecule has 2 heteroatoms. The monoisotopic (exact) mass is 254 g/mol. The van der Waals surface area contributed by atoms with Gasteiger partial charge in [-0.05, 0) is 0 Å². The number of aryl methyl sites for hydroxylation is 1. The normalized spacial score (nSPS) is 15.9. The number of halogens is 1. The van der Waals surface area contributed by atoms with Crippen molar-refractivity contribution in [2.24, 2.45) is 5.92 Å². The molecule has 0 N–H and O–H groups in total.